The van der Waals surface area contributed by atoms with Crippen molar-refractivity contribution in [3.8, 4) is 17.1 Å². The average Bonchev–Trinajstić information content (AvgIpc) is 3.10. The highest BCUT2D eigenvalue weighted by Gasteiger charge is 2.21. The van der Waals surface area contributed by atoms with Gasteiger partial charge in [-0.3, -0.25) is 4.79 Å². The van der Waals surface area contributed by atoms with Gasteiger partial charge in [0.2, 0.25) is 5.91 Å². The molecule has 3 aromatic rings. The van der Waals surface area contributed by atoms with Crippen molar-refractivity contribution in [3.63, 3.8) is 0 Å². The number of nitrogens with one attached hydrogen (secondary N) is 1. The summed E-state index contributed by atoms with van der Waals surface area (Å²) in [6.07, 6.45) is 0. The van der Waals surface area contributed by atoms with Crippen molar-refractivity contribution in [2.75, 3.05) is 12.4 Å². The van der Waals surface area contributed by atoms with Gasteiger partial charge in [0.05, 0.1) is 18.0 Å². The molecular formula is C21H24N4O2S. The van der Waals surface area contributed by atoms with Gasteiger partial charge in [-0.2, -0.15) is 0 Å². The Labute approximate surface area is 169 Å². The number of hydrogen-bond acceptors (Lipinski definition) is 5. The smallest absolute Gasteiger partial charge is 0.237 e. The maximum Gasteiger partial charge on any atom is 0.237 e. The normalized spacial score (nSPS) is 11.9. The van der Waals surface area contributed by atoms with Crippen LogP contribution in [0.25, 0.3) is 11.4 Å². The first kappa shape index (κ1) is 19.9. The molecule has 0 fully saturated rings. The van der Waals surface area contributed by atoms with E-state index in [9.17, 15) is 4.79 Å². The van der Waals surface area contributed by atoms with Crippen molar-refractivity contribution in [1.29, 1.82) is 0 Å². The maximum absolute atomic E-state index is 12.7. The lowest BCUT2D eigenvalue weighted by atomic mass is 10.1. The second kappa shape index (κ2) is 8.93. The lowest BCUT2D eigenvalue weighted by Crippen LogP contribution is -2.23. The Morgan fingerprint density at radius 3 is 2.61 bits per heavy atom. The van der Waals surface area contributed by atoms with E-state index in [1.807, 2.05) is 54.0 Å². The maximum atomic E-state index is 12.7. The zero-order chi connectivity index (χ0) is 20.1. The summed E-state index contributed by atoms with van der Waals surface area (Å²) < 4.78 is 7.34. The van der Waals surface area contributed by atoms with Crippen LogP contribution in [0.4, 0.5) is 5.69 Å². The van der Waals surface area contributed by atoms with Crippen molar-refractivity contribution in [1.82, 2.24) is 14.8 Å². The topological polar surface area (TPSA) is 69.0 Å². The van der Waals surface area contributed by atoms with Crippen LogP contribution >= 0.6 is 11.8 Å². The molecule has 7 heteroatoms. The summed E-state index contributed by atoms with van der Waals surface area (Å²) in [5, 5.41) is 12.0. The van der Waals surface area contributed by atoms with E-state index < -0.39 is 0 Å². The fourth-order valence-corrected chi connectivity index (χ4v) is 3.79. The van der Waals surface area contributed by atoms with Crippen LogP contribution in [0.15, 0.2) is 53.7 Å². The third-order valence-corrected chi connectivity index (χ3v) is 5.52. The Morgan fingerprint density at radius 2 is 1.89 bits per heavy atom. The molecule has 146 valence electrons. The van der Waals surface area contributed by atoms with Crippen LogP contribution in [0, 0.1) is 6.92 Å². The van der Waals surface area contributed by atoms with Crippen LogP contribution in [0.1, 0.15) is 19.4 Å². The number of hydrogen-bond donors (Lipinski definition) is 1. The summed E-state index contributed by atoms with van der Waals surface area (Å²) in [6.45, 7) is 6.69. The summed E-state index contributed by atoms with van der Waals surface area (Å²) in [5.41, 5.74) is 2.85. The van der Waals surface area contributed by atoms with Gasteiger partial charge in [-0.25, -0.2) is 0 Å². The number of ether oxygens (including phenoxy) is 1. The highest BCUT2D eigenvalue weighted by Crippen LogP contribution is 2.30. The Morgan fingerprint density at radius 1 is 1.18 bits per heavy atom. The highest BCUT2D eigenvalue weighted by atomic mass is 32.2. The van der Waals surface area contributed by atoms with Crippen LogP contribution < -0.4 is 10.1 Å². The van der Waals surface area contributed by atoms with Crippen LogP contribution in [0.5, 0.6) is 5.75 Å². The van der Waals surface area contributed by atoms with E-state index in [2.05, 4.69) is 35.4 Å². The first-order valence-electron chi connectivity index (χ1n) is 9.14. The van der Waals surface area contributed by atoms with Gasteiger partial charge < -0.3 is 14.6 Å². The number of rotatable bonds is 7. The molecule has 0 unspecified atom stereocenters. The molecule has 0 aliphatic heterocycles. The first-order valence-corrected chi connectivity index (χ1v) is 10.0. The number of nitrogens with zero attached hydrogens (tertiary/aromatic N) is 3. The number of carbonyl (C=O) groups excluding carboxylic acids is 1. The molecular weight excluding hydrogens is 372 g/mol. The molecule has 0 saturated carbocycles. The second-order valence-corrected chi connectivity index (χ2v) is 7.62. The van der Waals surface area contributed by atoms with Crippen LogP contribution in [0.2, 0.25) is 0 Å². The summed E-state index contributed by atoms with van der Waals surface area (Å²) in [7, 11) is 1.58. The molecule has 0 aliphatic rings. The molecule has 28 heavy (non-hydrogen) atoms. The Hall–Kier alpha value is -2.80. The summed E-state index contributed by atoms with van der Waals surface area (Å²) in [6, 6.07) is 15.5. The zero-order valence-electron chi connectivity index (χ0n) is 16.5. The van der Waals surface area contributed by atoms with E-state index in [0.29, 0.717) is 11.4 Å². The third kappa shape index (κ3) is 4.20. The van der Waals surface area contributed by atoms with Crippen molar-refractivity contribution in [2.45, 2.75) is 37.7 Å². The van der Waals surface area contributed by atoms with E-state index in [1.54, 1.807) is 7.11 Å². The Bertz CT molecular complexity index is 971. The van der Waals surface area contributed by atoms with E-state index in [0.717, 1.165) is 28.7 Å². The number of carbonyl (C=O) groups is 1. The molecule has 0 aliphatic carbocycles. The molecule has 6 nitrogen and oxygen atoms in total. The summed E-state index contributed by atoms with van der Waals surface area (Å²) in [5.74, 6) is 1.34. The van der Waals surface area contributed by atoms with Gasteiger partial charge >= 0.3 is 0 Å². The van der Waals surface area contributed by atoms with Crippen molar-refractivity contribution >= 4 is 23.4 Å². The molecule has 2 aromatic carbocycles. The highest BCUT2D eigenvalue weighted by molar-refractivity contribution is 8.00. The molecule has 3 rings (SSSR count). The molecule has 0 saturated heterocycles. The minimum absolute atomic E-state index is 0.113. The number of para-hydroxylation sites is 2. The second-order valence-electron chi connectivity index (χ2n) is 6.31. The van der Waals surface area contributed by atoms with Gasteiger partial charge in [0.15, 0.2) is 11.0 Å². The molecule has 1 heterocycles. The summed E-state index contributed by atoms with van der Waals surface area (Å²) >= 11 is 1.39. The van der Waals surface area contributed by atoms with Crippen molar-refractivity contribution < 1.29 is 9.53 Å². The minimum atomic E-state index is -0.343. The molecule has 0 bridgehead atoms. The summed E-state index contributed by atoms with van der Waals surface area (Å²) in [4.78, 5) is 12.7. The Balaban J connectivity index is 1.78. The predicted molar refractivity (Wildman–Crippen MR) is 113 cm³/mol. The number of aromatic nitrogens is 3. The molecule has 0 spiro atoms. The van der Waals surface area contributed by atoms with E-state index in [1.165, 1.54) is 11.8 Å². The van der Waals surface area contributed by atoms with Crippen LogP contribution in [-0.2, 0) is 11.3 Å². The van der Waals surface area contributed by atoms with Crippen LogP contribution in [0.3, 0.4) is 0 Å². The van der Waals surface area contributed by atoms with Gasteiger partial charge in [0, 0.05) is 12.1 Å². The molecule has 1 amide bonds. The molecule has 1 atom stereocenters. The standard InChI is InChI=1S/C21H24N4O2S/c1-5-25-19(16-11-7-6-10-14(16)2)23-24-21(25)28-15(3)20(26)22-17-12-8-9-13-18(17)27-4/h6-13,15H,5H2,1-4H3,(H,22,26)/t15-/m0/s1. The van der Waals surface area contributed by atoms with Gasteiger partial charge in [-0.15, -0.1) is 10.2 Å². The number of aryl methyl sites for hydroxylation is 1. The first-order chi connectivity index (χ1) is 13.5. The van der Waals surface area contributed by atoms with Gasteiger partial charge in [0.1, 0.15) is 5.75 Å². The van der Waals surface area contributed by atoms with Gasteiger partial charge in [0.25, 0.3) is 0 Å². The average molecular weight is 397 g/mol. The fourth-order valence-electron chi connectivity index (χ4n) is 2.88. The van der Waals surface area contributed by atoms with Gasteiger partial charge in [-0.1, -0.05) is 48.2 Å². The van der Waals surface area contributed by atoms with Crippen molar-refractivity contribution in [3.05, 3.63) is 54.1 Å². The number of amides is 1. The number of thioether (sulfide) groups is 1. The van der Waals surface area contributed by atoms with E-state index in [4.69, 9.17) is 4.74 Å². The number of anilines is 1. The SMILES string of the molecule is CCn1c(S[C@@H](C)C(=O)Nc2ccccc2OC)nnc1-c1ccccc1C. The predicted octanol–water partition coefficient (Wildman–Crippen LogP) is 4.40. The molecule has 1 aromatic heterocycles. The zero-order valence-corrected chi connectivity index (χ0v) is 17.3. The van der Waals surface area contributed by atoms with Crippen molar-refractivity contribution in [2.24, 2.45) is 0 Å². The van der Waals surface area contributed by atoms with E-state index >= 15 is 0 Å². The number of methoxy groups -OCH3 is 1. The number of benzene rings is 2. The largest absolute Gasteiger partial charge is 0.495 e. The third-order valence-electron chi connectivity index (χ3n) is 4.44. The Kier molecular flexibility index (Phi) is 6.36. The minimum Gasteiger partial charge on any atom is -0.495 e. The van der Waals surface area contributed by atoms with Gasteiger partial charge in [-0.05, 0) is 38.5 Å². The lowest BCUT2D eigenvalue weighted by Gasteiger charge is -2.14. The fraction of sp³-hybridized carbons (Fsp3) is 0.286. The lowest BCUT2D eigenvalue weighted by molar-refractivity contribution is -0.115. The molecule has 0 radical (unpaired) electrons. The van der Waals surface area contributed by atoms with E-state index in [-0.39, 0.29) is 11.2 Å². The van der Waals surface area contributed by atoms with Crippen LogP contribution in [-0.4, -0.2) is 33.0 Å². The quantitative estimate of drug-likeness (QED) is 0.600. The molecule has 1 N–H and O–H groups in total. The monoisotopic (exact) mass is 396 g/mol.